The van der Waals surface area contributed by atoms with Crippen LogP contribution in [0.15, 0.2) is 64.6 Å². The molecule has 4 rings (SSSR count). The highest BCUT2D eigenvalue weighted by molar-refractivity contribution is 6.51. The van der Waals surface area contributed by atoms with E-state index >= 15 is 0 Å². The van der Waals surface area contributed by atoms with Crippen molar-refractivity contribution in [2.75, 3.05) is 18.1 Å². The van der Waals surface area contributed by atoms with Gasteiger partial charge in [0.15, 0.2) is 0 Å². The van der Waals surface area contributed by atoms with Crippen molar-refractivity contribution in [2.24, 2.45) is 5.92 Å². The Balaban J connectivity index is 1.80. The van der Waals surface area contributed by atoms with Crippen LogP contribution < -0.4 is 14.4 Å². The van der Waals surface area contributed by atoms with E-state index in [1.165, 1.54) is 4.90 Å². The highest BCUT2D eigenvalue weighted by Gasteiger charge is 2.48. The molecule has 1 fully saturated rings. The van der Waals surface area contributed by atoms with Crippen LogP contribution in [0.5, 0.6) is 11.5 Å². The van der Waals surface area contributed by atoms with Crippen molar-refractivity contribution >= 4 is 23.1 Å². The summed E-state index contributed by atoms with van der Waals surface area (Å²) in [5.41, 5.74) is 1.69. The molecule has 1 aromatic heterocycles. The molecule has 0 bridgehead atoms. The van der Waals surface area contributed by atoms with Crippen LogP contribution in [-0.2, 0) is 9.59 Å². The van der Waals surface area contributed by atoms with Crippen LogP contribution in [0.1, 0.15) is 49.5 Å². The standard InChI is InChI=1S/C29H31NO6/c1-6-34-22-11-9-21(10-12-22)30-26(24-13-7-19(5)36-24)25(28(32)29(30)33)27(31)20-8-14-23(18(4)15-20)35-16-17(2)3/h7-15,17,26,31H,6,16H2,1-5H3/b27-25-. The summed E-state index contributed by atoms with van der Waals surface area (Å²) in [5, 5.41) is 11.3. The number of ether oxygens (including phenoxy) is 2. The monoisotopic (exact) mass is 489 g/mol. The third-order valence-corrected chi connectivity index (χ3v) is 5.92. The summed E-state index contributed by atoms with van der Waals surface area (Å²) in [5.74, 6) is 0.950. The van der Waals surface area contributed by atoms with Crippen molar-refractivity contribution in [1.29, 1.82) is 0 Å². The smallest absolute Gasteiger partial charge is 0.300 e. The zero-order valence-electron chi connectivity index (χ0n) is 21.2. The first kappa shape index (κ1) is 25.1. The quantitative estimate of drug-likeness (QED) is 0.239. The lowest BCUT2D eigenvalue weighted by molar-refractivity contribution is -0.132. The van der Waals surface area contributed by atoms with Gasteiger partial charge in [-0.05, 0) is 86.8 Å². The third kappa shape index (κ3) is 4.87. The lowest BCUT2D eigenvalue weighted by Gasteiger charge is -2.23. The zero-order chi connectivity index (χ0) is 26.0. The number of rotatable bonds is 8. The minimum atomic E-state index is -0.922. The topological polar surface area (TPSA) is 89.2 Å². The molecule has 1 amide bonds. The molecule has 1 saturated heterocycles. The SMILES string of the molecule is CCOc1ccc(N2C(=O)C(=O)/C(=C(\O)c3ccc(OCC(C)C)c(C)c3)C2c2ccc(C)o2)cc1. The average Bonchev–Trinajstić information content (AvgIpc) is 3.39. The molecule has 1 unspecified atom stereocenters. The largest absolute Gasteiger partial charge is 0.507 e. The van der Waals surface area contributed by atoms with Gasteiger partial charge in [-0.3, -0.25) is 14.5 Å². The van der Waals surface area contributed by atoms with E-state index in [1.807, 2.05) is 13.8 Å². The van der Waals surface area contributed by atoms with Gasteiger partial charge in [0, 0.05) is 11.3 Å². The minimum absolute atomic E-state index is 0.0292. The number of anilines is 1. The molecule has 0 spiro atoms. The number of furan rings is 1. The Labute approximate surface area is 210 Å². The molecule has 3 aromatic rings. The number of aliphatic hydroxyl groups excluding tert-OH is 1. The van der Waals surface area contributed by atoms with Crippen LogP contribution in [0.2, 0.25) is 0 Å². The number of hydrogen-bond acceptors (Lipinski definition) is 6. The summed E-state index contributed by atoms with van der Waals surface area (Å²) in [7, 11) is 0. The van der Waals surface area contributed by atoms with Crippen LogP contribution in [0.25, 0.3) is 5.76 Å². The summed E-state index contributed by atoms with van der Waals surface area (Å²) < 4.78 is 17.2. The Morgan fingerprint density at radius 3 is 2.33 bits per heavy atom. The highest BCUT2D eigenvalue weighted by Crippen LogP contribution is 2.43. The van der Waals surface area contributed by atoms with E-state index in [9.17, 15) is 14.7 Å². The maximum Gasteiger partial charge on any atom is 0.300 e. The molecule has 1 N–H and O–H groups in total. The van der Waals surface area contributed by atoms with Gasteiger partial charge in [-0.2, -0.15) is 0 Å². The van der Waals surface area contributed by atoms with Crippen LogP contribution in [0.3, 0.4) is 0 Å². The van der Waals surface area contributed by atoms with Crippen molar-refractivity contribution in [3.8, 4) is 11.5 Å². The second-order valence-electron chi connectivity index (χ2n) is 9.23. The zero-order valence-corrected chi connectivity index (χ0v) is 21.2. The van der Waals surface area contributed by atoms with Gasteiger partial charge >= 0.3 is 0 Å². The van der Waals surface area contributed by atoms with E-state index in [0.717, 1.165) is 5.56 Å². The van der Waals surface area contributed by atoms with Crippen LogP contribution in [0.4, 0.5) is 5.69 Å². The number of aryl methyl sites for hydroxylation is 2. The van der Waals surface area contributed by atoms with Gasteiger partial charge in [0.1, 0.15) is 34.8 Å². The molecule has 1 atom stereocenters. The second-order valence-corrected chi connectivity index (χ2v) is 9.23. The molecular formula is C29H31NO6. The van der Waals surface area contributed by atoms with E-state index < -0.39 is 17.7 Å². The maximum atomic E-state index is 13.3. The lowest BCUT2D eigenvalue weighted by Crippen LogP contribution is -2.29. The molecule has 0 radical (unpaired) electrons. The van der Waals surface area contributed by atoms with Gasteiger partial charge in [0.05, 0.1) is 18.8 Å². The minimum Gasteiger partial charge on any atom is -0.507 e. The number of carbonyl (C=O) groups excluding carboxylic acids is 2. The molecule has 2 heterocycles. The fourth-order valence-electron chi connectivity index (χ4n) is 4.21. The summed E-state index contributed by atoms with van der Waals surface area (Å²) in [4.78, 5) is 27.9. The van der Waals surface area contributed by atoms with Crippen molar-refractivity contribution < 1.29 is 28.6 Å². The Morgan fingerprint density at radius 1 is 1.03 bits per heavy atom. The molecule has 1 aliphatic rings. The number of hydrogen-bond donors (Lipinski definition) is 1. The normalized spacial score (nSPS) is 17.2. The number of nitrogens with zero attached hydrogens (tertiary/aromatic N) is 1. The van der Waals surface area contributed by atoms with E-state index in [2.05, 4.69) is 13.8 Å². The predicted molar refractivity (Wildman–Crippen MR) is 137 cm³/mol. The molecule has 188 valence electrons. The number of aliphatic hydroxyl groups is 1. The van der Waals surface area contributed by atoms with Crippen molar-refractivity contribution in [3.63, 3.8) is 0 Å². The number of benzene rings is 2. The molecule has 2 aromatic carbocycles. The average molecular weight is 490 g/mol. The third-order valence-electron chi connectivity index (χ3n) is 5.92. The molecular weight excluding hydrogens is 458 g/mol. The lowest BCUT2D eigenvalue weighted by atomic mass is 9.98. The number of amides is 1. The Morgan fingerprint density at radius 2 is 1.75 bits per heavy atom. The first-order valence-corrected chi connectivity index (χ1v) is 12.0. The number of Topliss-reactive ketones (excluding diaryl/α,β-unsaturated/α-hetero) is 1. The molecule has 36 heavy (non-hydrogen) atoms. The van der Waals surface area contributed by atoms with Crippen molar-refractivity contribution in [2.45, 2.75) is 40.7 Å². The van der Waals surface area contributed by atoms with Gasteiger partial charge < -0.3 is 19.0 Å². The maximum absolute atomic E-state index is 13.3. The first-order valence-electron chi connectivity index (χ1n) is 12.0. The van der Waals surface area contributed by atoms with Gasteiger partial charge in [-0.1, -0.05) is 13.8 Å². The summed E-state index contributed by atoms with van der Waals surface area (Å²) >= 11 is 0. The second kappa shape index (κ2) is 10.3. The fourth-order valence-corrected chi connectivity index (χ4v) is 4.21. The fraction of sp³-hybridized carbons (Fsp3) is 0.310. The Hall–Kier alpha value is -4.00. The predicted octanol–water partition coefficient (Wildman–Crippen LogP) is 5.96. The van der Waals surface area contributed by atoms with Gasteiger partial charge in [-0.15, -0.1) is 0 Å². The van der Waals surface area contributed by atoms with Gasteiger partial charge in [0.2, 0.25) is 0 Å². The van der Waals surface area contributed by atoms with E-state index in [1.54, 1.807) is 61.5 Å². The number of carbonyl (C=O) groups is 2. The van der Waals surface area contributed by atoms with Crippen LogP contribution in [-0.4, -0.2) is 30.0 Å². The molecule has 1 aliphatic heterocycles. The Bertz CT molecular complexity index is 1300. The van der Waals surface area contributed by atoms with Gasteiger partial charge in [-0.25, -0.2) is 0 Å². The summed E-state index contributed by atoms with van der Waals surface area (Å²) in [6.45, 7) is 10.7. The highest BCUT2D eigenvalue weighted by atomic mass is 16.5. The molecule has 0 aliphatic carbocycles. The first-order chi connectivity index (χ1) is 17.2. The van der Waals surface area contributed by atoms with Crippen molar-refractivity contribution in [1.82, 2.24) is 0 Å². The molecule has 7 heteroatoms. The summed E-state index contributed by atoms with van der Waals surface area (Å²) in [6.07, 6.45) is 0. The van der Waals surface area contributed by atoms with Gasteiger partial charge in [0.25, 0.3) is 11.7 Å². The van der Waals surface area contributed by atoms with E-state index in [-0.39, 0.29) is 11.3 Å². The van der Waals surface area contributed by atoms with E-state index in [4.69, 9.17) is 13.9 Å². The Kier molecular flexibility index (Phi) is 7.20. The van der Waals surface area contributed by atoms with Crippen LogP contribution in [0, 0.1) is 19.8 Å². The summed E-state index contributed by atoms with van der Waals surface area (Å²) in [6, 6.07) is 14.7. The van der Waals surface area contributed by atoms with Crippen molar-refractivity contribution in [3.05, 3.63) is 82.8 Å². The van der Waals surface area contributed by atoms with E-state index in [0.29, 0.717) is 53.4 Å². The number of ketones is 1. The molecule has 7 nitrogen and oxygen atoms in total. The van der Waals surface area contributed by atoms with Crippen LogP contribution >= 0.6 is 0 Å². The molecule has 0 saturated carbocycles.